The van der Waals surface area contributed by atoms with E-state index in [1.807, 2.05) is 0 Å². The van der Waals surface area contributed by atoms with Crippen molar-refractivity contribution in [2.45, 2.75) is 0 Å². The molecule has 0 aliphatic rings. The molecular weight excluding hydrogens is 233 g/mol. The van der Waals surface area contributed by atoms with Gasteiger partial charge in [0, 0.05) is 6.07 Å². The number of non-ortho nitro benzene ring substituents is 1. The number of phenolic OH excluding ortho intramolecular Hbond substituents is 1. The maximum absolute atomic E-state index is 12.7. The number of rotatable bonds is 1. The molecule has 0 aliphatic carbocycles. The molecule has 0 fully saturated rings. The summed E-state index contributed by atoms with van der Waals surface area (Å²) in [5.41, 5.74) is -0.360. The number of hydrogen-bond acceptors (Lipinski definition) is 3. The normalized spacial score (nSPS) is 9.83. The number of phenols is 1. The summed E-state index contributed by atoms with van der Waals surface area (Å²) >= 11 is 2.73. The highest BCUT2D eigenvalue weighted by atomic mass is 79.9. The van der Waals surface area contributed by atoms with Crippen molar-refractivity contribution >= 4 is 21.6 Å². The minimum absolute atomic E-state index is 0.130. The lowest BCUT2D eigenvalue weighted by Crippen LogP contribution is -1.89. The van der Waals surface area contributed by atoms with Crippen LogP contribution >= 0.6 is 15.9 Å². The first-order chi connectivity index (χ1) is 5.52. The summed E-state index contributed by atoms with van der Waals surface area (Å²) in [6.07, 6.45) is 0. The molecule has 6 heteroatoms. The molecule has 0 aromatic heterocycles. The Kier molecular flexibility index (Phi) is 2.27. The Morgan fingerprint density at radius 3 is 2.58 bits per heavy atom. The number of hydrogen-bond donors (Lipinski definition) is 1. The number of nitro groups is 1. The SMILES string of the molecule is O=[N+]([O-])c1cc(O)c(F)c(Br)c1. The van der Waals surface area contributed by atoms with E-state index in [-0.39, 0.29) is 10.2 Å². The second kappa shape index (κ2) is 3.06. The molecule has 1 aromatic rings. The number of nitrogens with zero attached hydrogens (tertiary/aromatic N) is 1. The van der Waals surface area contributed by atoms with Crippen molar-refractivity contribution in [1.82, 2.24) is 0 Å². The van der Waals surface area contributed by atoms with Crippen LogP contribution in [0.2, 0.25) is 0 Å². The summed E-state index contributed by atoms with van der Waals surface area (Å²) in [5, 5.41) is 19.0. The number of nitro benzene ring substituents is 1. The molecule has 0 aliphatic heterocycles. The van der Waals surface area contributed by atoms with E-state index in [2.05, 4.69) is 15.9 Å². The van der Waals surface area contributed by atoms with Crippen LogP contribution in [0.3, 0.4) is 0 Å². The van der Waals surface area contributed by atoms with Crippen LogP contribution in [0.1, 0.15) is 0 Å². The van der Waals surface area contributed by atoms with Gasteiger partial charge >= 0.3 is 0 Å². The van der Waals surface area contributed by atoms with Crippen molar-refractivity contribution in [3.8, 4) is 5.75 Å². The van der Waals surface area contributed by atoms with Crippen molar-refractivity contribution in [3.05, 3.63) is 32.5 Å². The predicted molar refractivity (Wildman–Crippen MR) is 42.4 cm³/mol. The van der Waals surface area contributed by atoms with Crippen molar-refractivity contribution in [2.24, 2.45) is 0 Å². The van der Waals surface area contributed by atoms with Gasteiger partial charge in [-0.05, 0) is 15.9 Å². The predicted octanol–water partition coefficient (Wildman–Crippen LogP) is 2.20. The van der Waals surface area contributed by atoms with Gasteiger partial charge in [0.05, 0.1) is 15.5 Å². The third kappa shape index (κ3) is 1.53. The lowest BCUT2D eigenvalue weighted by atomic mass is 10.3. The summed E-state index contributed by atoms with van der Waals surface area (Å²) < 4.78 is 12.5. The second-order valence-corrected chi connectivity index (χ2v) is 2.87. The molecule has 0 atom stereocenters. The zero-order valence-electron chi connectivity index (χ0n) is 5.62. The van der Waals surface area contributed by atoms with Crippen LogP contribution in [0.4, 0.5) is 10.1 Å². The van der Waals surface area contributed by atoms with Crippen LogP contribution in [0.15, 0.2) is 16.6 Å². The maximum atomic E-state index is 12.7. The molecular formula is C6H3BrFNO3. The third-order valence-corrected chi connectivity index (χ3v) is 1.78. The molecule has 0 amide bonds. The van der Waals surface area contributed by atoms with Gasteiger partial charge in [-0.25, -0.2) is 4.39 Å². The first-order valence-corrected chi connectivity index (χ1v) is 3.64. The molecule has 0 unspecified atom stereocenters. The summed E-state index contributed by atoms with van der Waals surface area (Å²) in [6, 6.07) is 1.73. The monoisotopic (exact) mass is 235 g/mol. The second-order valence-electron chi connectivity index (χ2n) is 2.02. The fourth-order valence-electron chi connectivity index (χ4n) is 0.666. The summed E-state index contributed by atoms with van der Waals surface area (Å²) in [7, 11) is 0. The Balaban J connectivity index is 3.31. The molecule has 1 rings (SSSR count). The zero-order chi connectivity index (χ0) is 9.30. The number of benzene rings is 1. The maximum Gasteiger partial charge on any atom is 0.274 e. The van der Waals surface area contributed by atoms with Crippen LogP contribution < -0.4 is 0 Å². The van der Waals surface area contributed by atoms with E-state index >= 15 is 0 Å². The summed E-state index contributed by atoms with van der Waals surface area (Å²) in [5.74, 6) is -1.64. The molecule has 0 saturated carbocycles. The summed E-state index contributed by atoms with van der Waals surface area (Å²) in [4.78, 5) is 9.45. The first kappa shape index (κ1) is 8.92. The van der Waals surface area contributed by atoms with Crippen LogP contribution in [0.25, 0.3) is 0 Å². The Labute approximate surface area is 74.9 Å². The minimum Gasteiger partial charge on any atom is -0.505 e. The standard InChI is InChI=1S/C6H3BrFNO3/c7-4-1-3(9(11)12)2-5(10)6(4)8/h1-2,10H. The fourth-order valence-corrected chi connectivity index (χ4v) is 1.10. The average Bonchev–Trinajstić information content (AvgIpc) is 1.99. The van der Waals surface area contributed by atoms with Crippen LogP contribution in [0.5, 0.6) is 5.75 Å². The van der Waals surface area contributed by atoms with Gasteiger partial charge in [-0.2, -0.15) is 0 Å². The van der Waals surface area contributed by atoms with Crippen LogP contribution in [-0.4, -0.2) is 10.0 Å². The molecule has 12 heavy (non-hydrogen) atoms. The highest BCUT2D eigenvalue weighted by molar-refractivity contribution is 9.10. The Morgan fingerprint density at radius 1 is 1.58 bits per heavy atom. The highest BCUT2D eigenvalue weighted by Crippen LogP contribution is 2.29. The number of aromatic hydroxyl groups is 1. The van der Waals surface area contributed by atoms with Gasteiger partial charge in [0.25, 0.3) is 5.69 Å². The molecule has 0 saturated heterocycles. The smallest absolute Gasteiger partial charge is 0.274 e. The van der Waals surface area contributed by atoms with Crippen molar-refractivity contribution in [2.75, 3.05) is 0 Å². The Bertz CT molecular complexity index is 319. The largest absolute Gasteiger partial charge is 0.505 e. The lowest BCUT2D eigenvalue weighted by Gasteiger charge is -1.97. The quantitative estimate of drug-likeness (QED) is 0.600. The first-order valence-electron chi connectivity index (χ1n) is 2.85. The molecule has 0 radical (unpaired) electrons. The minimum atomic E-state index is -0.902. The Morgan fingerprint density at radius 2 is 2.17 bits per heavy atom. The van der Waals surface area contributed by atoms with Gasteiger partial charge in [-0.15, -0.1) is 0 Å². The lowest BCUT2D eigenvalue weighted by molar-refractivity contribution is -0.385. The molecule has 0 spiro atoms. The molecule has 0 bridgehead atoms. The van der Waals surface area contributed by atoms with Gasteiger partial charge in [-0.3, -0.25) is 10.1 Å². The van der Waals surface area contributed by atoms with Crippen molar-refractivity contribution in [3.63, 3.8) is 0 Å². The fraction of sp³-hybridized carbons (Fsp3) is 0. The zero-order valence-corrected chi connectivity index (χ0v) is 7.21. The summed E-state index contributed by atoms with van der Waals surface area (Å²) in [6.45, 7) is 0. The van der Waals surface area contributed by atoms with E-state index < -0.39 is 16.5 Å². The highest BCUT2D eigenvalue weighted by Gasteiger charge is 2.13. The van der Waals surface area contributed by atoms with Gasteiger partial charge in [0.1, 0.15) is 0 Å². The van der Waals surface area contributed by atoms with E-state index in [4.69, 9.17) is 5.11 Å². The third-order valence-electron chi connectivity index (χ3n) is 1.20. The van der Waals surface area contributed by atoms with E-state index in [1.165, 1.54) is 0 Å². The van der Waals surface area contributed by atoms with Crippen LogP contribution in [-0.2, 0) is 0 Å². The topological polar surface area (TPSA) is 63.4 Å². The van der Waals surface area contributed by atoms with E-state index in [0.29, 0.717) is 0 Å². The van der Waals surface area contributed by atoms with E-state index in [0.717, 1.165) is 12.1 Å². The van der Waals surface area contributed by atoms with Gasteiger partial charge in [0.15, 0.2) is 11.6 Å². The van der Waals surface area contributed by atoms with E-state index in [1.54, 1.807) is 0 Å². The van der Waals surface area contributed by atoms with Gasteiger partial charge in [0.2, 0.25) is 0 Å². The number of halogens is 2. The van der Waals surface area contributed by atoms with Gasteiger partial charge in [-0.1, -0.05) is 0 Å². The molecule has 4 nitrogen and oxygen atoms in total. The Hall–Kier alpha value is -1.17. The molecule has 0 heterocycles. The van der Waals surface area contributed by atoms with E-state index in [9.17, 15) is 14.5 Å². The van der Waals surface area contributed by atoms with Crippen molar-refractivity contribution in [1.29, 1.82) is 0 Å². The van der Waals surface area contributed by atoms with Gasteiger partial charge < -0.3 is 5.11 Å². The van der Waals surface area contributed by atoms with Crippen molar-refractivity contribution < 1.29 is 14.4 Å². The average molecular weight is 236 g/mol. The van der Waals surface area contributed by atoms with Crippen LogP contribution in [0, 0.1) is 15.9 Å². The molecule has 1 N–H and O–H groups in total. The molecule has 64 valence electrons. The molecule has 1 aromatic carbocycles.